The van der Waals surface area contributed by atoms with Crippen LogP contribution < -0.4 is 16.0 Å². The topological polar surface area (TPSA) is 169 Å². The summed E-state index contributed by atoms with van der Waals surface area (Å²) in [6.45, 7) is 10.7. The summed E-state index contributed by atoms with van der Waals surface area (Å²) < 4.78 is 28.4. The summed E-state index contributed by atoms with van der Waals surface area (Å²) in [7, 11) is -4.60. The number of nitrogens with one attached hydrogen (secondary N) is 3. The number of hydrogen-bond donors (Lipinski definition) is 4. The molecule has 1 rings (SSSR count). The van der Waals surface area contributed by atoms with Crippen molar-refractivity contribution in [3.05, 3.63) is 0 Å². The minimum absolute atomic E-state index is 0.0929. The van der Waals surface area contributed by atoms with Gasteiger partial charge in [-0.3, -0.25) is 13.9 Å². The van der Waals surface area contributed by atoms with Crippen molar-refractivity contribution < 1.29 is 42.6 Å². The third-order valence-corrected chi connectivity index (χ3v) is 7.37. The molecule has 0 aromatic carbocycles. The smallest absolute Gasteiger partial charge is 0.408 e. The fourth-order valence-electron chi connectivity index (χ4n) is 3.59. The molecule has 5 atom stereocenters. The molecule has 0 aromatic rings. The Labute approximate surface area is 219 Å². The molecule has 1 aliphatic rings. The molecule has 37 heavy (non-hydrogen) atoms. The second-order valence-corrected chi connectivity index (χ2v) is 12.2. The van der Waals surface area contributed by atoms with Gasteiger partial charge < -0.3 is 30.3 Å². The third kappa shape index (κ3) is 12.4. The number of carbonyl (C=O) groups is 4. The summed E-state index contributed by atoms with van der Waals surface area (Å²) in [6, 6.07) is -1.61. The lowest BCUT2D eigenvalue weighted by molar-refractivity contribution is -0.165. The number of amides is 2. The Bertz CT molecular complexity index is 825. The van der Waals surface area contributed by atoms with Crippen LogP contribution in [0, 0.1) is 0 Å². The minimum Gasteiger partial charge on any atom is -0.444 e. The van der Waals surface area contributed by atoms with E-state index in [-0.39, 0.29) is 6.42 Å². The average molecular weight is 550 g/mol. The summed E-state index contributed by atoms with van der Waals surface area (Å²) in [5, 5.41) is 7.95. The van der Waals surface area contributed by atoms with Crippen LogP contribution in [0.15, 0.2) is 0 Å². The monoisotopic (exact) mass is 549 g/mol. The van der Waals surface area contributed by atoms with Gasteiger partial charge in [0.2, 0.25) is 5.91 Å². The van der Waals surface area contributed by atoms with Gasteiger partial charge in [0.25, 0.3) is 0 Å². The molecule has 1 saturated heterocycles. The van der Waals surface area contributed by atoms with Crippen molar-refractivity contribution in [3.63, 3.8) is 0 Å². The van der Waals surface area contributed by atoms with E-state index in [9.17, 15) is 28.6 Å². The van der Waals surface area contributed by atoms with Gasteiger partial charge in [-0.1, -0.05) is 39.5 Å². The van der Waals surface area contributed by atoms with E-state index in [0.29, 0.717) is 38.6 Å². The van der Waals surface area contributed by atoms with Crippen molar-refractivity contribution >= 4 is 31.5 Å². The van der Waals surface area contributed by atoms with Crippen LogP contribution in [0.5, 0.6) is 0 Å². The Morgan fingerprint density at radius 1 is 1.08 bits per heavy atom. The number of ether oxygens (including phenoxy) is 2. The normalized spacial score (nSPS) is 19.7. The van der Waals surface area contributed by atoms with Crippen molar-refractivity contribution in [1.82, 2.24) is 16.0 Å². The predicted molar refractivity (Wildman–Crippen MR) is 137 cm³/mol. The van der Waals surface area contributed by atoms with Gasteiger partial charge >= 0.3 is 25.6 Å². The Balaban J connectivity index is 2.91. The lowest BCUT2D eigenvalue weighted by Gasteiger charge is -2.28. The highest BCUT2D eigenvalue weighted by Gasteiger charge is 2.39. The fraction of sp³-hybridized carbons (Fsp3) is 0.833. The molecular formula is C24H44N3O9P. The number of alkyl carbamates (subject to hydrolysis) is 1. The van der Waals surface area contributed by atoms with Crippen LogP contribution >= 0.6 is 7.60 Å². The van der Waals surface area contributed by atoms with E-state index >= 15 is 0 Å². The number of hydrogen-bond acceptors (Lipinski definition) is 9. The number of unbranched alkanes of at least 4 members (excludes halogenated alkanes) is 2. The summed E-state index contributed by atoms with van der Waals surface area (Å²) in [4.78, 5) is 60.5. The summed E-state index contributed by atoms with van der Waals surface area (Å²) in [6.07, 6.45) is 1.91. The highest BCUT2D eigenvalue weighted by molar-refractivity contribution is 7.53. The Kier molecular flexibility index (Phi) is 13.8. The first-order valence-electron chi connectivity index (χ1n) is 13.0. The maximum Gasteiger partial charge on any atom is 0.408 e. The largest absolute Gasteiger partial charge is 0.444 e. The van der Waals surface area contributed by atoms with Crippen LogP contribution in [0.2, 0.25) is 0 Å². The van der Waals surface area contributed by atoms with E-state index in [1.165, 1.54) is 6.92 Å². The van der Waals surface area contributed by atoms with Gasteiger partial charge in [0, 0.05) is 0 Å². The van der Waals surface area contributed by atoms with Crippen LogP contribution in [0.4, 0.5) is 4.79 Å². The van der Waals surface area contributed by atoms with Crippen molar-refractivity contribution in [2.45, 2.75) is 122 Å². The molecular weight excluding hydrogens is 505 g/mol. The molecule has 214 valence electrons. The lowest BCUT2D eigenvalue weighted by atomic mass is 10.1. The molecule has 2 amide bonds. The van der Waals surface area contributed by atoms with Gasteiger partial charge in [-0.05, 0) is 59.9 Å². The number of rotatable bonds is 14. The highest BCUT2D eigenvalue weighted by atomic mass is 31.2. The summed E-state index contributed by atoms with van der Waals surface area (Å²) >= 11 is 0. The Hall–Kier alpha value is -2.01. The highest BCUT2D eigenvalue weighted by Crippen LogP contribution is 2.49. The van der Waals surface area contributed by atoms with E-state index in [0.717, 1.165) is 12.8 Å². The molecule has 13 heteroatoms. The van der Waals surface area contributed by atoms with Crippen LogP contribution in [0.25, 0.3) is 0 Å². The molecule has 0 spiro atoms. The SMILES string of the molecule is CCCCC(NC(=O)OC(C)(C)C)C(=O)NC(CCCC)P(=O)(O)OC(C)C(=O)OC(=O)[C@@H]1CCCN1. The third-order valence-electron chi connectivity index (χ3n) is 5.57. The van der Waals surface area contributed by atoms with Crippen molar-refractivity contribution in [2.75, 3.05) is 6.54 Å². The van der Waals surface area contributed by atoms with Crippen LogP contribution in [-0.4, -0.2) is 64.9 Å². The Morgan fingerprint density at radius 2 is 1.70 bits per heavy atom. The molecule has 0 saturated carbocycles. The second kappa shape index (κ2) is 15.4. The molecule has 1 aliphatic heterocycles. The molecule has 0 aliphatic carbocycles. The molecule has 0 bridgehead atoms. The van der Waals surface area contributed by atoms with Gasteiger partial charge in [0.05, 0.1) is 0 Å². The van der Waals surface area contributed by atoms with Crippen LogP contribution in [0.1, 0.15) is 92.9 Å². The predicted octanol–water partition coefficient (Wildman–Crippen LogP) is 3.11. The quantitative estimate of drug-likeness (QED) is 0.143. The molecule has 4 N–H and O–H groups in total. The van der Waals surface area contributed by atoms with Gasteiger partial charge in [0.15, 0.2) is 6.10 Å². The zero-order chi connectivity index (χ0) is 28.2. The first kappa shape index (κ1) is 33.0. The van der Waals surface area contributed by atoms with E-state index in [1.54, 1.807) is 20.8 Å². The van der Waals surface area contributed by atoms with E-state index < -0.39 is 61.1 Å². The summed E-state index contributed by atoms with van der Waals surface area (Å²) in [5.74, 6) is -3.88. The van der Waals surface area contributed by atoms with E-state index in [1.807, 2.05) is 13.8 Å². The average Bonchev–Trinajstić information content (AvgIpc) is 3.32. The first-order valence-corrected chi connectivity index (χ1v) is 14.6. The molecule has 0 radical (unpaired) electrons. The number of esters is 2. The van der Waals surface area contributed by atoms with Crippen molar-refractivity contribution in [1.29, 1.82) is 0 Å². The number of carbonyl (C=O) groups excluding carboxylic acids is 4. The minimum atomic E-state index is -4.60. The van der Waals surface area contributed by atoms with E-state index in [4.69, 9.17) is 14.0 Å². The van der Waals surface area contributed by atoms with Gasteiger partial charge in [-0.25, -0.2) is 14.4 Å². The zero-order valence-corrected chi connectivity index (χ0v) is 23.7. The van der Waals surface area contributed by atoms with Crippen molar-refractivity contribution in [3.8, 4) is 0 Å². The molecule has 1 fully saturated rings. The fourth-order valence-corrected chi connectivity index (χ4v) is 5.07. The van der Waals surface area contributed by atoms with Crippen LogP contribution in [0.3, 0.4) is 0 Å². The first-order chi connectivity index (χ1) is 17.2. The molecule has 1 heterocycles. The van der Waals surface area contributed by atoms with E-state index in [2.05, 4.69) is 16.0 Å². The maximum absolute atomic E-state index is 13.2. The van der Waals surface area contributed by atoms with Crippen molar-refractivity contribution in [2.24, 2.45) is 0 Å². The standard InChI is InChI=1S/C24H44N3O9P/c1-7-9-12-17(26-23(31)35-24(4,5)6)20(28)27-19(14-10-8-2)37(32,33)36-16(3)21(29)34-22(30)18-13-11-15-25-18/h16-19,25H,7-15H2,1-6H3,(H,26,31)(H,27,28)(H,32,33)/t16?,17?,18-,19?/m0/s1. The second-order valence-electron chi connectivity index (χ2n) is 10.2. The zero-order valence-electron chi connectivity index (χ0n) is 22.8. The van der Waals surface area contributed by atoms with Gasteiger partial charge in [-0.2, -0.15) is 0 Å². The van der Waals surface area contributed by atoms with Gasteiger partial charge in [-0.15, -0.1) is 0 Å². The summed E-state index contributed by atoms with van der Waals surface area (Å²) in [5.41, 5.74) is -0.770. The molecule has 12 nitrogen and oxygen atoms in total. The lowest BCUT2D eigenvalue weighted by Crippen LogP contribution is -2.50. The Morgan fingerprint density at radius 3 is 2.24 bits per heavy atom. The van der Waals surface area contributed by atoms with Crippen LogP contribution in [-0.2, 0) is 32.9 Å². The maximum atomic E-state index is 13.2. The molecule has 0 aromatic heterocycles. The molecule has 4 unspecified atom stereocenters. The van der Waals surface area contributed by atoms with Gasteiger partial charge in [0.1, 0.15) is 23.5 Å².